The lowest BCUT2D eigenvalue weighted by atomic mass is 9.93. The summed E-state index contributed by atoms with van der Waals surface area (Å²) in [6.45, 7) is 0. The van der Waals surface area contributed by atoms with Gasteiger partial charge in [0, 0.05) is 20.7 Å². The SMILES string of the molecule is Brc1ccc(/C=N/C2Oc3ccccc3CC2c2noc(-c3ccc(Br)cc3)n2)cc1. The zero-order valence-electron chi connectivity index (χ0n) is 16.3. The summed E-state index contributed by atoms with van der Waals surface area (Å²) in [6.07, 6.45) is 2.10. The van der Waals surface area contributed by atoms with Crippen LogP contribution < -0.4 is 4.74 Å². The second-order valence-electron chi connectivity index (χ2n) is 7.22. The fourth-order valence-corrected chi connectivity index (χ4v) is 4.02. The molecule has 3 aromatic carbocycles. The summed E-state index contributed by atoms with van der Waals surface area (Å²) >= 11 is 6.91. The molecule has 0 radical (unpaired) electrons. The Labute approximate surface area is 196 Å². The number of nitrogens with zero attached hydrogens (tertiary/aromatic N) is 3. The van der Waals surface area contributed by atoms with Crippen molar-refractivity contribution >= 4 is 38.1 Å². The van der Waals surface area contributed by atoms with E-state index in [2.05, 4.69) is 48.1 Å². The monoisotopic (exact) mass is 537 g/mol. The first kappa shape index (κ1) is 20.2. The lowest BCUT2D eigenvalue weighted by Crippen LogP contribution is -2.30. The van der Waals surface area contributed by atoms with E-state index in [0.717, 1.165) is 37.8 Å². The Morgan fingerprint density at radius 1 is 0.903 bits per heavy atom. The first-order valence-electron chi connectivity index (χ1n) is 9.78. The first-order valence-corrected chi connectivity index (χ1v) is 11.4. The van der Waals surface area contributed by atoms with Gasteiger partial charge in [0.2, 0.25) is 0 Å². The molecule has 31 heavy (non-hydrogen) atoms. The molecular formula is C24H17Br2N3O2. The van der Waals surface area contributed by atoms with Gasteiger partial charge in [-0.2, -0.15) is 4.98 Å². The van der Waals surface area contributed by atoms with Crippen molar-refractivity contribution in [3.05, 3.63) is 98.7 Å². The van der Waals surface area contributed by atoms with Gasteiger partial charge in [-0.05, 0) is 60.0 Å². The predicted molar refractivity (Wildman–Crippen MR) is 126 cm³/mol. The van der Waals surface area contributed by atoms with E-state index in [9.17, 15) is 0 Å². The summed E-state index contributed by atoms with van der Waals surface area (Å²) < 4.78 is 13.8. The normalized spacial score (nSPS) is 18.0. The Hall–Kier alpha value is -2.77. The van der Waals surface area contributed by atoms with Crippen LogP contribution in [0.5, 0.6) is 5.75 Å². The highest BCUT2D eigenvalue weighted by Gasteiger charge is 2.34. The van der Waals surface area contributed by atoms with Crippen molar-refractivity contribution in [2.75, 3.05) is 0 Å². The highest BCUT2D eigenvalue weighted by molar-refractivity contribution is 9.10. The first-order chi connectivity index (χ1) is 15.2. The fourth-order valence-electron chi connectivity index (χ4n) is 3.49. The second kappa shape index (κ2) is 8.77. The number of hydrogen-bond donors (Lipinski definition) is 0. The molecule has 2 atom stereocenters. The number of fused-ring (bicyclic) bond motifs is 1. The molecule has 1 aliphatic heterocycles. The summed E-state index contributed by atoms with van der Waals surface area (Å²) in [6, 6.07) is 23.8. The van der Waals surface area contributed by atoms with E-state index >= 15 is 0 Å². The van der Waals surface area contributed by atoms with Crippen LogP contribution in [0.25, 0.3) is 11.5 Å². The Morgan fingerprint density at radius 2 is 1.61 bits per heavy atom. The Morgan fingerprint density at radius 3 is 2.39 bits per heavy atom. The van der Waals surface area contributed by atoms with Gasteiger partial charge >= 0.3 is 0 Å². The third kappa shape index (κ3) is 4.48. The maximum absolute atomic E-state index is 6.24. The number of benzene rings is 3. The van der Waals surface area contributed by atoms with Gasteiger partial charge in [-0.1, -0.05) is 67.3 Å². The standard InChI is InChI=1S/C24H17Br2N3O2/c25-18-9-5-15(6-10-18)14-27-24-20(13-17-3-1-2-4-21(17)30-24)22-28-23(31-29-22)16-7-11-19(26)12-8-16/h1-12,14,20,24H,13H2/b27-14+. The van der Waals surface area contributed by atoms with Gasteiger partial charge in [0.15, 0.2) is 12.1 Å². The molecule has 0 fully saturated rings. The summed E-state index contributed by atoms with van der Waals surface area (Å²) in [7, 11) is 0. The van der Waals surface area contributed by atoms with E-state index in [-0.39, 0.29) is 5.92 Å². The molecule has 1 aromatic heterocycles. The molecule has 0 saturated heterocycles. The molecule has 5 nitrogen and oxygen atoms in total. The van der Waals surface area contributed by atoms with E-state index in [1.54, 1.807) is 0 Å². The second-order valence-corrected chi connectivity index (χ2v) is 9.05. The van der Waals surface area contributed by atoms with Gasteiger partial charge in [0.25, 0.3) is 5.89 Å². The lowest BCUT2D eigenvalue weighted by Gasteiger charge is -2.29. The lowest BCUT2D eigenvalue weighted by molar-refractivity contribution is 0.153. The van der Waals surface area contributed by atoms with Crippen LogP contribution in [0.4, 0.5) is 0 Å². The largest absolute Gasteiger partial charge is 0.468 e. The Balaban J connectivity index is 1.47. The molecule has 0 spiro atoms. The molecule has 1 aliphatic rings. The number of ether oxygens (including phenoxy) is 1. The van der Waals surface area contributed by atoms with Crippen LogP contribution in [0.2, 0.25) is 0 Å². The quantitative estimate of drug-likeness (QED) is 0.281. The van der Waals surface area contributed by atoms with E-state index in [0.29, 0.717) is 11.7 Å². The Kier molecular flexibility index (Phi) is 5.70. The average molecular weight is 539 g/mol. The van der Waals surface area contributed by atoms with Crippen LogP contribution in [-0.2, 0) is 6.42 Å². The summed E-state index contributed by atoms with van der Waals surface area (Å²) in [4.78, 5) is 9.41. The molecule has 0 N–H and O–H groups in total. The molecule has 154 valence electrons. The van der Waals surface area contributed by atoms with Crippen molar-refractivity contribution in [2.24, 2.45) is 4.99 Å². The third-order valence-corrected chi connectivity index (χ3v) is 6.17. The van der Waals surface area contributed by atoms with Crippen LogP contribution in [0.3, 0.4) is 0 Å². The van der Waals surface area contributed by atoms with Crippen LogP contribution >= 0.6 is 31.9 Å². The zero-order chi connectivity index (χ0) is 21.2. The van der Waals surface area contributed by atoms with Gasteiger partial charge < -0.3 is 9.26 Å². The molecule has 4 aromatic rings. The highest BCUT2D eigenvalue weighted by Crippen LogP contribution is 2.36. The van der Waals surface area contributed by atoms with Gasteiger partial charge in [-0.15, -0.1) is 0 Å². The minimum atomic E-state index is -0.450. The van der Waals surface area contributed by atoms with E-state index < -0.39 is 6.23 Å². The van der Waals surface area contributed by atoms with E-state index in [4.69, 9.17) is 14.3 Å². The van der Waals surface area contributed by atoms with Crippen molar-refractivity contribution < 1.29 is 9.26 Å². The number of hydrogen-bond acceptors (Lipinski definition) is 5. The maximum atomic E-state index is 6.24. The van der Waals surface area contributed by atoms with Crippen molar-refractivity contribution in [2.45, 2.75) is 18.6 Å². The molecule has 0 saturated carbocycles. The van der Waals surface area contributed by atoms with Crippen LogP contribution in [-0.4, -0.2) is 22.6 Å². The number of halogens is 2. The molecule has 7 heteroatoms. The average Bonchev–Trinajstić information content (AvgIpc) is 3.29. The molecule has 0 amide bonds. The van der Waals surface area contributed by atoms with Crippen LogP contribution in [0, 0.1) is 0 Å². The van der Waals surface area contributed by atoms with Crippen LogP contribution in [0.1, 0.15) is 22.9 Å². The third-order valence-electron chi connectivity index (χ3n) is 5.11. The number of rotatable bonds is 4. The van der Waals surface area contributed by atoms with E-state index in [1.807, 2.05) is 72.9 Å². The van der Waals surface area contributed by atoms with Gasteiger partial charge in [0.05, 0.1) is 5.92 Å². The predicted octanol–water partition coefficient (Wildman–Crippen LogP) is 6.43. The minimum absolute atomic E-state index is 0.158. The van der Waals surface area contributed by atoms with Crippen molar-refractivity contribution in [1.29, 1.82) is 0 Å². The summed E-state index contributed by atoms with van der Waals surface area (Å²) in [5, 5.41) is 4.27. The smallest absolute Gasteiger partial charge is 0.257 e. The molecule has 2 heterocycles. The molecule has 0 bridgehead atoms. The fraction of sp³-hybridized carbons (Fsp3) is 0.125. The topological polar surface area (TPSA) is 60.5 Å². The van der Waals surface area contributed by atoms with Crippen molar-refractivity contribution in [1.82, 2.24) is 10.1 Å². The minimum Gasteiger partial charge on any atom is -0.468 e. The number of para-hydroxylation sites is 1. The van der Waals surface area contributed by atoms with Crippen molar-refractivity contribution in [3.8, 4) is 17.2 Å². The highest BCUT2D eigenvalue weighted by atomic mass is 79.9. The van der Waals surface area contributed by atoms with Crippen molar-refractivity contribution in [3.63, 3.8) is 0 Å². The number of aliphatic imine (C=N–C) groups is 1. The van der Waals surface area contributed by atoms with Gasteiger partial charge in [0.1, 0.15) is 5.75 Å². The summed E-state index contributed by atoms with van der Waals surface area (Å²) in [5.41, 5.74) is 2.97. The summed E-state index contributed by atoms with van der Waals surface area (Å²) in [5.74, 6) is 1.75. The Bertz CT molecular complexity index is 1220. The van der Waals surface area contributed by atoms with Crippen LogP contribution in [0.15, 0.2) is 91.3 Å². The maximum Gasteiger partial charge on any atom is 0.257 e. The van der Waals surface area contributed by atoms with Gasteiger partial charge in [-0.3, -0.25) is 0 Å². The zero-order valence-corrected chi connectivity index (χ0v) is 19.5. The van der Waals surface area contributed by atoms with Gasteiger partial charge in [-0.25, -0.2) is 4.99 Å². The molecule has 0 aliphatic carbocycles. The molecular weight excluding hydrogens is 522 g/mol. The molecule has 5 rings (SSSR count). The molecule has 2 unspecified atom stereocenters. The van der Waals surface area contributed by atoms with E-state index in [1.165, 1.54) is 0 Å². The number of aromatic nitrogens is 2.